The molecule has 0 atom stereocenters. The molecule has 0 fully saturated rings. The summed E-state index contributed by atoms with van der Waals surface area (Å²) in [7, 11) is 0. The third-order valence-corrected chi connectivity index (χ3v) is 0. The van der Waals surface area contributed by atoms with Gasteiger partial charge >= 0.3 is 67.1 Å². The Hall–Kier alpha value is 2.47. The Bertz CT molecular complexity index is 6.85. The Morgan fingerprint density at radius 2 is 0.600 bits per heavy atom. The first-order chi connectivity index (χ1) is 0. The van der Waals surface area contributed by atoms with Gasteiger partial charge in [0.2, 0.25) is 0 Å². The maximum absolute atomic E-state index is 0. The normalized spacial score (nSPS) is 0. The van der Waals surface area contributed by atoms with Crippen molar-refractivity contribution in [3.8, 4) is 0 Å². The summed E-state index contributed by atoms with van der Waals surface area (Å²) in [4.78, 5) is 0. The van der Waals surface area contributed by atoms with Crippen LogP contribution in [0.15, 0.2) is 0 Å². The quantitative estimate of drug-likeness (QED) is 0.545. The van der Waals surface area contributed by atoms with Crippen molar-refractivity contribution in [3.63, 3.8) is 0 Å². The smallest absolute Gasteiger partial charge is 1.00 e. The van der Waals surface area contributed by atoms with E-state index in [-0.39, 0.29) is 85.0 Å². The molecule has 0 saturated carbocycles. The van der Waals surface area contributed by atoms with Gasteiger partial charge in [-0.1, -0.05) is 0 Å². The van der Waals surface area contributed by atoms with E-state index in [1.807, 2.05) is 0 Å². The molecule has 46 valence electrons. The Morgan fingerprint density at radius 1 is 0.600 bits per heavy atom. The van der Waals surface area contributed by atoms with Gasteiger partial charge in [-0.3, -0.25) is 0 Å². The molecule has 0 radical (unpaired) electrons. The van der Waals surface area contributed by atoms with Crippen LogP contribution in [0.25, 0.3) is 0 Å². The number of rotatable bonds is 0. The van der Waals surface area contributed by atoms with Crippen LogP contribution in [0.5, 0.6) is 0 Å². The molecule has 0 unspecified atom stereocenters. The maximum atomic E-state index is 0. The first kappa shape index (κ1) is 51.2. The first-order valence-corrected chi connectivity index (χ1v) is 0. The molecule has 0 rings (SSSR count). The van der Waals surface area contributed by atoms with Gasteiger partial charge in [0.15, 0.2) is 0 Å². The van der Waals surface area contributed by atoms with Crippen LogP contribution in [0.4, 0.5) is 0 Å². The van der Waals surface area contributed by atoms with Crippen molar-refractivity contribution in [1.82, 2.24) is 0 Å². The molecule has 5 heteroatoms. The second-order valence-electron chi connectivity index (χ2n) is 0. The molecule has 0 aromatic rings. The van der Waals surface area contributed by atoms with Crippen LogP contribution in [0.3, 0.4) is 0 Å². The van der Waals surface area contributed by atoms with Gasteiger partial charge < -0.3 is 5.48 Å². The Kier molecular flexibility index (Phi) is 325. The Morgan fingerprint density at radius 3 is 0.600 bits per heavy atom. The van der Waals surface area contributed by atoms with Gasteiger partial charge in [-0.05, 0) is 0 Å². The largest absolute Gasteiger partial charge is 2.00 e. The summed E-state index contributed by atoms with van der Waals surface area (Å²) in [6.45, 7) is 0. The summed E-state index contributed by atoms with van der Waals surface area (Å²) in [5, 5.41) is 0. The molecule has 0 aliphatic rings. The zero-order valence-electron chi connectivity index (χ0n) is 1.72. The standard InChI is InChI=1S/3Ag.ClH.O/h;;;1H;/q3*+1;;-2. The molecule has 0 aromatic carbocycles. The molecule has 5 heavy (non-hydrogen) atoms. The maximum Gasteiger partial charge on any atom is 1.00 e. The number of hydrogen-bond donors (Lipinski definition) is 0. The van der Waals surface area contributed by atoms with Gasteiger partial charge in [-0.15, -0.1) is 12.4 Å². The molecule has 0 spiro atoms. The molecule has 0 aliphatic carbocycles. The first-order valence-electron chi connectivity index (χ1n) is 0. The van der Waals surface area contributed by atoms with Gasteiger partial charge in [0.25, 0.3) is 0 Å². The van der Waals surface area contributed by atoms with Crippen molar-refractivity contribution in [1.29, 1.82) is 0 Å². The molecule has 1 nitrogen and oxygen atoms in total. The van der Waals surface area contributed by atoms with Gasteiger partial charge in [-0.25, -0.2) is 0 Å². The van der Waals surface area contributed by atoms with Gasteiger partial charge in [0.05, 0.1) is 0 Å². The molecular formula is HAg3ClO+. The van der Waals surface area contributed by atoms with Crippen LogP contribution in [-0.2, 0) is 72.6 Å². The minimum absolute atomic E-state index is 0. The summed E-state index contributed by atoms with van der Waals surface area (Å²) >= 11 is 0. The average Bonchev–Trinajstić information content (AvgIpc) is 0. The van der Waals surface area contributed by atoms with Gasteiger partial charge in [0.1, 0.15) is 0 Å². The second-order valence-corrected chi connectivity index (χ2v) is 0. The summed E-state index contributed by atoms with van der Waals surface area (Å²) in [6.07, 6.45) is 0. The van der Waals surface area contributed by atoms with E-state index in [1.165, 1.54) is 0 Å². The van der Waals surface area contributed by atoms with E-state index in [0.717, 1.165) is 0 Å². The van der Waals surface area contributed by atoms with Crippen LogP contribution in [-0.4, -0.2) is 0 Å². The zero-order chi connectivity index (χ0) is 0. The van der Waals surface area contributed by atoms with Crippen molar-refractivity contribution < 1.29 is 72.6 Å². The van der Waals surface area contributed by atoms with Crippen LogP contribution in [0.2, 0.25) is 0 Å². The summed E-state index contributed by atoms with van der Waals surface area (Å²) < 4.78 is 0. The van der Waals surface area contributed by atoms with E-state index in [4.69, 9.17) is 0 Å². The molecule has 0 N–H and O–H groups in total. The molecule has 0 bridgehead atoms. The molecule has 0 aromatic heterocycles. The Balaban J connectivity index is 0. The molecule has 0 aliphatic heterocycles. The van der Waals surface area contributed by atoms with E-state index in [2.05, 4.69) is 0 Å². The van der Waals surface area contributed by atoms with Crippen LogP contribution in [0.1, 0.15) is 0 Å². The monoisotopic (exact) mass is 373 g/mol. The number of halogens is 1. The minimum Gasteiger partial charge on any atom is -2.00 e. The van der Waals surface area contributed by atoms with E-state index >= 15 is 0 Å². The Labute approximate surface area is 83.9 Å². The van der Waals surface area contributed by atoms with E-state index in [9.17, 15) is 0 Å². The fourth-order valence-corrected chi connectivity index (χ4v) is 0. The van der Waals surface area contributed by atoms with Crippen molar-refractivity contribution in [2.45, 2.75) is 0 Å². The predicted octanol–water partition coefficient (Wildman–Crippen LogP) is 0.296. The topological polar surface area (TPSA) is 28.5 Å². The van der Waals surface area contributed by atoms with E-state index in [1.54, 1.807) is 0 Å². The van der Waals surface area contributed by atoms with Crippen molar-refractivity contribution in [2.75, 3.05) is 0 Å². The number of hydrogen-bond acceptors (Lipinski definition) is 0. The van der Waals surface area contributed by atoms with E-state index in [0.29, 0.717) is 0 Å². The van der Waals surface area contributed by atoms with Crippen LogP contribution < -0.4 is 0 Å². The van der Waals surface area contributed by atoms with Gasteiger partial charge in [0, 0.05) is 0 Å². The van der Waals surface area contributed by atoms with Crippen LogP contribution in [0, 0.1) is 0 Å². The predicted molar refractivity (Wildman–Crippen MR) is 7.93 cm³/mol. The SMILES string of the molecule is Cl.[Ag+].[Ag+].[Ag+].[O-2]. The van der Waals surface area contributed by atoms with Crippen molar-refractivity contribution >= 4 is 12.4 Å². The van der Waals surface area contributed by atoms with Crippen molar-refractivity contribution in [2.24, 2.45) is 0 Å². The summed E-state index contributed by atoms with van der Waals surface area (Å²) in [5.41, 5.74) is 0. The molecular weight excluding hydrogens is 375 g/mol. The fraction of sp³-hybridized carbons (Fsp3) is 0. The third-order valence-electron chi connectivity index (χ3n) is 0. The fourth-order valence-electron chi connectivity index (χ4n) is 0. The van der Waals surface area contributed by atoms with Crippen molar-refractivity contribution in [3.05, 3.63) is 0 Å². The summed E-state index contributed by atoms with van der Waals surface area (Å²) in [5.74, 6) is 0. The summed E-state index contributed by atoms with van der Waals surface area (Å²) in [6, 6.07) is 0. The second kappa shape index (κ2) is 31.7. The molecule has 0 saturated heterocycles. The average molecular weight is 376 g/mol. The van der Waals surface area contributed by atoms with Gasteiger partial charge in [-0.2, -0.15) is 0 Å². The molecule has 0 heterocycles. The van der Waals surface area contributed by atoms with E-state index < -0.39 is 0 Å². The zero-order valence-corrected chi connectivity index (χ0v) is 6.98. The molecule has 0 amide bonds. The van der Waals surface area contributed by atoms with Crippen LogP contribution >= 0.6 is 12.4 Å². The third kappa shape index (κ3) is 21.2. The minimum atomic E-state index is 0.